The highest BCUT2D eigenvalue weighted by molar-refractivity contribution is 6.34. The fraction of sp³-hybridized carbons (Fsp3) is 0.571. The Bertz CT molecular complexity index is 459. The minimum Gasteiger partial charge on any atom is -0.492 e. The van der Waals surface area contributed by atoms with Crippen LogP contribution in [0.3, 0.4) is 0 Å². The molecule has 0 bridgehead atoms. The molecule has 2 atom stereocenters. The van der Waals surface area contributed by atoms with E-state index in [9.17, 15) is 0 Å². The molecule has 5 heteroatoms. The first kappa shape index (κ1) is 14.9. The van der Waals surface area contributed by atoms with E-state index in [2.05, 4.69) is 0 Å². The number of rotatable bonds is 4. The van der Waals surface area contributed by atoms with Crippen molar-refractivity contribution >= 4 is 23.2 Å². The first-order valence-electron chi connectivity index (χ1n) is 6.49. The molecule has 19 heavy (non-hydrogen) atoms. The van der Waals surface area contributed by atoms with Crippen molar-refractivity contribution in [2.45, 2.75) is 38.3 Å². The summed E-state index contributed by atoms with van der Waals surface area (Å²) in [6.45, 7) is 5.21. The number of benzene rings is 1. The molecule has 0 radical (unpaired) electrons. The second-order valence-corrected chi connectivity index (χ2v) is 5.79. The molecule has 106 valence electrons. The molecule has 1 saturated heterocycles. The van der Waals surface area contributed by atoms with Gasteiger partial charge in [0.15, 0.2) is 0 Å². The van der Waals surface area contributed by atoms with Gasteiger partial charge in [-0.15, -0.1) is 0 Å². The zero-order valence-corrected chi connectivity index (χ0v) is 12.7. The number of hydrogen-bond acceptors (Lipinski definition) is 3. The average Bonchev–Trinajstić information content (AvgIpc) is 2.81. The Balaban J connectivity index is 2.32. The average molecular weight is 304 g/mol. The molecule has 1 fully saturated rings. The van der Waals surface area contributed by atoms with Crippen molar-refractivity contribution in [1.82, 2.24) is 0 Å². The van der Waals surface area contributed by atoms with E-state index in [4.69, 9.17) is 38.4 Å². The predicted molar refractivity (Wildman–Crippen MR) is 78.2 cm³/mol. The summed E-state index contributed by atoms with van der Waals surface area (Å²) in [6, 6.07) is 3.21. The largest absolute Gasteiger partial charge is 0.492 e. The van der Waals surface area contributed by atoms with Crippen LogP contribution in [-0.2, 0) is 4.74 Å². The zero-order chi connectivity index (χ0) is 14.0. The fourth-order valence-electron chi connectivity index (χ4n) is 2.42. The molecular formula is C14H19Cl2NO2. The molecule has 1 aromatic rings. The van der Waals surface area contributed by atoms with Crippen molar-refractivity contribution in [2.24, 2.45) is 5.73 Å². The smallest absolute Gasteiger partial charge is 0.139 e. The zero-order valence-electron chi connectivity index (χ0n) is 11.2. The quantitative estimate of drug-likeness (QED) is 0.915. The molecular weight excluding hydrogens is 285 g/mol. The SMILES string of the molecule is CCOc1cc(Cl)c(C(N)C2(C)CCCO2)cc1Cl. The summed E-state index contributed by atoms with van der Waals surface area (Å²) in [5.41, 5.74) is 6.75. The van der Waals surface area contributed by atoms with Gasteiger partial charge in [0.2, 0.25) is 0 Å². The number of ether oxygens (including phenoxy) is 2. The Morgan fingerprint density at radius 3 is 2.74 bits per heavy atom. The van der Waals surface area contributed by atoms with Crippen LogP contribution < -0.4 is 10.5 Å². The van der Waals surface area contributed by atoms with Gasteiger partial charge in [-0.05, 0) is 38.3 Å². The minimum absolute atomic E-state index is 0.296. The number of hydrogen-bond donors (Lipinski definition) is 1. The van der Waals surface area contributed by atoms with Crippen LogP contribution in [0.25, 0.3) is 0 Å². The molecule has 0 spiro atoms. The highest BCUT2D eigenvalue weighted by Crippen LogP contribution is 2.41. The molecule has 0 amide bonds. The molecule has 1 heterocycles. The summed E-state index contributed by atoms with van der Waals surface area (Å²) < 4.78 is 11.2. The lowest BCUT2D eigenvalue weighted by atomic mass is 9.88. The van der Waals surface area contributed by atoms with Crippen molar-refractivity contribution in [3.8, 4) is 5.75 Å². The standard InChI is InChI=1S/C14H19Cl2NO2/c1-3-18-12-8-10(15)9(7-11(12)16)13(17)14(2)5-4-6-19-14/h7-8,13H,3-6,17H2,1-2H3. The molecule has 0 saturated carbocycles. The monoisotopic (exact) mass is 303 g/mol. The Hall–Kier alpha value is -0.480. The second-order valence-electron chi connectivity index (χ2n) is 4.98. The Morgan fingerprint density at radius 1 is 1.42 bits per heavy atom. The third-order valence-electron chi connectivity index (χ3n) is 3.59. The molecule has 2 N–H and O–H groups in total. The van der Waals surface area contributed by atoms with Crippen LogP contribution in [0, 0.1) is 0 Å². The van der Waals surface area contributed by atoms with Crippen LogP contribution >= 0.6 is 23.2 Å². The molecule has 2 rings (SSSR count). The van der Waals surface area contributed by atoms with E-state index in [1.165, 1.54) is 0 Å². The van der Waals surface area contributed by atoms with Gasteiger partial charge in [0.25, 0.3) is 0 Å². The van der Waals surface area contributed by atoms with E-state index in [0.29, 0.717) is 22.4 Å². The van der Waals surface area contributed by atoms with Crippen LogP contribution in [0.2, 0.25) is 10.0 Å². The Labute approximate surface area is 124 Å². The van der Waals surface area contributed by atoms with E-state index in [1.807, 2.05) is 13.8 Å². The lowest BCUT2D eigenvalue weighted by Gasteiger charge is -2.31. The summed E-state index contributed by atoms with van der Waals surface area (Å²) in [5, 5.41) is 1.09. The summed E-state index contributed by atoms with van der Waals surface area (Å²) in [5.74, 6) is 0.586. The molecule has 1 aliphatic heterocycles. The van der Waals surface area contributed by atoms with Crippen LogP contribution in [0.4, 0.5) is 0 Å². The van der Waals surface area contributed by atoms with Gasteiger partial charge in [-0.1, -0.05) is 23.2 Å². The van der Waals surface area contributed by atoms with Gasteiger partial charge in [0, 0.05) is 17.7 Å². The lowest BCUT2D eigenvalue weighted by molar-refractivity contribution is -0.00172. The molecule has 1 aromatic carbocycles. The van der Waals surface area contributed by atoms with E-state index < -0.39 is 0 Å². The van der Waals surface area contributed by atoms with Crippen molar-refractivity contribution in [3.05, 3.63) is 27.7 Å². The first-order valence-corrected chi connectivity index (χ1v) is 7.25. The third-order valence-corrected chi connectivity index (χ3v) is 4.22. The lowest BCUT2D eigenvalue weighted by Crippen LogP contribution is -2.37. The van der Waals surface area contributed by atoms with Crippen LogP contribution in [0.5, 0.6) is 5.75 Å². The van der Waals surface area contributed by atoms with Crippen molar-refractivity contribution < 1.29 is 9.47 Å². The van der Waals surface area contributed by atoms with Gasteiger partial charge in [-0.25, -0.2) is 0 Å². The van der Waals surface area contributed by atoms with Crippen LogP contribution in [0.15, 0.2) is 12.1 Å². The molecule has 1 aliphatic rings. The van der Waals surface area contributed by atoms with Gasteiger partial charge >= 0.3 is 0 Å². The highest BCUT2D eigenvalue weighted by Gasteiger charge is 2.38. The third kappa shape index (κ3) is 3.00. The number of halogens is 2. The van der Waals surface area contributed by atoms with Crippen molar-refractivity contribution in [1.29, 1.82) is 0 Å². The molecule has 0 aromatic heterocycles. The van der Waals surface area contributed by atoms with Crippen molar-refractivity contribution in [2.75, 3.05) is 13.2 Å². The van der Waals surface area contributed by atoms with Crippen LogP contribution in [-0.4, -0.2) is 18.8 Å². The van der Waals surface area contributed by atoms with Gasteiger partial charge in [-0.3, -0.25) is 0 Å². The molecule has 2 unspecified atom stereocenters. The summed E-state index contributed by atoms with van der Waals surface area (Å²) in [4.78, 5) is 0. The van der Waals surface area contributed by atoms with E-state index >= 15 is 0 Å². The topological polar surface area (TPSA) is 44.5 Å². The predicted octanol–water partition coefficient (Wildman–Crippen LogP) is 3.96. The second kappa shape index (κ2) is 5.88. The van der Waals surface area contributed by atoms with Gasteiger partial charge in [-0.2, -0.15) is 0 Å². The summed E-state index contributed by atoms with van der Waals surface area (Å²) in [7, 11) is 0. The first-order chi connectivity index (χ1) is 8.98. The summed E-state index contributed by atoms with van der Waals surface area (Å²) >= 11 is 12.5. The van der Waals surface area contributed by atoms with E-state index in [0.717, 1.165) is 25.0 Å². The maximum atomic E-state index is 6.32. The van der Waals surface area contributed by atoms with Gasteiger partial charge in [0.05, 0.1) is 23.3 Å². The minimum atomic E-state index is -0.375. The Kier molecular flexibility index (Phi) is 4.62. The fourth-order valence-corrected chi connectivity index (χ4v) is 2.92. The number of nitrogens with two attached hydrogens (primary N) is 1. The molecule has 3 nitrogen and oxygen atoms in total. The van der Waals surface area contributed by atoms with E-state index in [1.54, 1.807) is 12.1 Å². The van der Waals surface area contributed by atoms with Crippen LogP contribution in [0.1, 0.15) is 38.3 Å². The normalized spacial score (nSPS) is 24.5. The molecule has 0 aliphatic carbocycles. The van der Waals surface area contributed by atoms with E-state index in [-0.39, 0.29) is 11.6 Å². The van der Waals surface area contributed by atoms with Crippen molar-refractivity contribution in [3.63, 3.8) is 0 Å². The van der Waals surface area contributed by atoms with Gasteiger partial charge < -0.3 is 15.2 Å². The summed E-state index contributed by atoms with van der Waals surface area (Å²) in [6.07, 6.45) is 1.95. The highest BCUT2D eigenvalue weighted by atomic mass is 35.5. The van der Waals surface area contributed by atoms with Gasteiger partial charge in [0.1, 0.15) is 5.75 Å². The maximum Gasteiger partial charge on any atom is 0.139 e. The Morgan fingerprint density at radius 2 is 2.16 bits per heavy atom. The maximum absolute atomic E-state index is 6.32.